The number of carbonyl (C=O) groups excluding carboxylic acids is 1. The second kappa shape index (κ2) is 7.64. The Morgan fingerprint density at radius 3 is 2.76 bits per heavy atom. The van der Waals surface area contributed by atoms with Gasteiger partial charge < -0.3 is 21.1 Å². The Morgan fingerprint density at radius 1 is 1.29 bits per heavy atom. The highest BCUT2D eigenvalue weighted by Gasteiger charge is 2.14. The summed E-state index contributed by atoms with van der Waals surface area (Å²) in [6.45, 7) is 2.36. The minimum Gasteiger partial charge on any atom is -0.478 e. The third kappa shape index (κ3) is 5.07. The van der Waals surface area contributed by atoms with Crippen LogP contribution < -0.4 is 16.0 Å². The number of nitrogens with one attached hydrogen (secondary N) is 3. The predicted molar refractivity (Wildman–Crippen MR) is 79.5 cm³/mol. The van der Waals surface area contributed by atoms with Crippen LogP contribution in [0.4, 0.5) is 4.79 Å². The van der Waals surface area contributed by atoms with E-state index >= 15 is 0 Å². The van der Waals surface area contributed by atoms with Gasteiger partial charge in [-0.15, -0.1) is 0 Å². The van der Waals surface area contributed by atoms with Gasteiger partial charge in [-0.2, -0.15) is 0 Å². The first kappa shape index (κ1) is 15.3. The lowest BCUT2D eigenvalue weighted by molar-refractivity contribution is 0.0696. The fourth-order valence-corrected chi connectivity index (χ4v) is 2.38. The molecule has 1 aliphatic rings. The number of carbonyl (C=O) groups is 2. The largest absolute Gasteiger partial charge is 0.478 e. The second-order valence-electron chi connectivity index (χ2n) is 5.18. The molecule has 6 nitrogen and oxygen atoms in total. The monoisotopic (exact) mass is 291 g/mol. The van der Waals surface area contributed by atoms with Crippen LogP contribution in [0.5, 0.6) is 0 Å². The van der Waals surface area contributed by atoms with E-state index in [1.165, 1.54) is 0 Å². The fraction of sp³-hybridized carbons (Fsp3) is 0.467. The Labute approximate surface area is 123 Å². The molecule has 6 heteroatoms. The van der Waals surface area contributed by atoms with Gasteiger partial charge in [-0.05, 0) is 50.0 Å². The minimum atomic E-state index is -0.937. The van der Waals surface area contributed by atoms with Gasteiger partial charge in [0, 0.05) is 12.6 Å². The SMILES string of the molecule is O=C(NCCc1cccc(C(=O)O)c1)NC1CCNCC1. The summed E-state index contributed by atoms with van der Waals surface area (Å²) in [6, 6.07) is 6.85. The Kier molecular flexibility index (Phi) is 5.57. The highest BCUT2D eigenvalue weighted by Crippen LogP contribution is 2.06. The summed E-state index contributed by atoms with van der Waals surface area (Å²) in [5.74, 6) is -0.937. The number of piperidine rings is 1. The molecule has 0 aliphatic carbocycles. The summed E-state index contributed by atoms with van der Waals surface area (Å²) in [6.07, 6.45) is 2.52. The average Bonchev–Trinajstić information content (AvgIpc) is 2.48. The first-order chi connectivity index (χ1) is 10.1. The molecule has 0 spiro atoms. The van der Waals surface area contributed by atoms with Crippen LogP contribution in [0, 0.1) is 0 Å². The van der Waals surface area contributed by atoms with Crippen molar-refractivity contribution < 1.29 is 14.7 Å². The molecule has 0 saturated carbocycles. The molecular formula is C15H21N3O3. The van der Waals surface area contributed by atoms with Crippen LogP contribution in [-0.4, -0.2) is 42.8 Å². The lowest BCUT2D eigenvalue weighted by Crippen LogP contribution is -2.47. The van der Waals surface area contributed by atoms with Gasteiger partial charge in [-0.1, -0.05) is 12.1 Å². The van der Waals surface area contributed by atoms with Gasteiger partial charge >= 0.3 is 12.0 Å². The maximum absolute atomic E-state index is 11.7. The molecule has 0 bridgehead atoms. The van der Waals surface area contributed by atoms with E-state index in [0.717, 1.165) is 31.5 Å². The van der Waals surface area contributed by atoms with E-state index in [1.54, 1.807) is 18.2 Å². The van der Waals surface area contributed by atoms with Gasteiger partial charge in [0.25, 0.3) is 0 Å². The number of carboxylic acids is 1. The predicted octanol–water partition coefficient (Wildman–Crippen LogP) is 0.978. The van der Waals surface area contributed by atoms with Crippen molar-refractivity contribution in [1.29, 1.82) is 0 Å². The quantitative estimate of drug-likeness (QED) is 0.651. The summed E-state index contributed by atoms with van der Waals surface area (Å²) in [5.41, 5.74) is 1.17. The molecule has 4 N–H and O–H groups in total. The fourth-order valence-electron chi connectivity index (χ4n) is 2.38. The third-order valence-electron chi connectivity index (χ3n) is 3.55. The number of hydrogen-bond donors (Lipinski definition) is 4. The van der Waals surface area contributed by atoms with Crippen molar-refractivity contribution in [2.75, 3.05) is 19.6 Å². The summed E-state index contributed by atoms with van der Waals surface area (Å²) in [4.78, 5) is 22.6. The van der Waals surface area contributed by atoms with Crippen molar-refractivity contribution in [1.82, 2.24) is 16.0 Å². The number of aromatic carboxylic acids is 1. The van der Waals surface area contributed by atoms with Gasteiger partial charge in [0.2, 0.25) is 0 Å². The van der Waals surface area contributed by atoms with E-state index < -0.39 is 5.97 Å². The number of hydrogen-bond acceptors (Lipinski definition) is 3. The van der Waals surface area contributed by atoms with E-state index in [-0.39, 0.29) is 17.6 Å². The Bertz CT molecular complexity index is 499. The van der Waals surface area contributed by atoms with Gasteiger partial charge in [0.15, 0.2) is 0 Å². The number of amides is 2. The first-order valence-electron chi connectivity index (χ1n) is 7.22. The topological polar surface area (TPSA) is 90.5 Å². The molecule has 2 rings (SSSR count). The molecule has 2 amide bonds. The van der Waals surface area contributed by atoms with Crippen molar-refractivity contribution in [2.45, 2.75) is 25.3 Å². The minimum absolute atomic E-state index is 0.156. The van der Waals surface area contributed by atoms with E-state index in [9.17, 15) is 9.59 Å². The van der Waals surface area contributed by atoms with Crippen molar-refractivity contribution in [3.63, 3.8) is 0 Å². The van der Waals surface area contributed by atoms with E-state index in [2.05, 4.69) is 16.0 Å². The van der Waals surface area contributed by atoms with Crippen LogP contribution in [0.25, 0.3) is 0 Å². The smallest absolute Gasteiger partial charge is 0.335 e. The molecule has 1 aliphatic heterocycles. The molecule has 1 saturated heterocycles. The zero-order chi connectivity index (χ0) is 15.1. The first-order valence-corrected chi connectivity index (χ1v) is 7.22. The molecule has 1 aromatic rings. The van der Waals surface area contributed by atoms with Crippen LogP contribution in [0.1, 0.15) is 28.8 Å². The highest BCUT2D eigenvalue weighted by molar-refractivity contribution is 5.87. The molecule has 0 radical (unpaired) electrons. The van der Waals surface area contributed by atoms with E-state index in [1.807, 2.05) is 6.07 Å². The second-order valence-corrected chi connectivity index (χ2v) is 5.18. The van der Waals surface area contributed by atoms with Crippen molar-refractivity contribution in [2.24, 2.45) is 0 Å². The normalized spacial score (nSPS) is 15.4. The molecule has 1 heterocycles. The average molecular weight is 291 g/mol. The molecule has 0 aromatic heterocycles. The van der Waals surface area contributed by atoms with Crippen molar-refractivity contribution >= 4 is 12.0 Å². The number of urea groups is 1. The molecule has 0 unspecified atom stereocenters. The lowest BCUT2D eigenvalue weighted by atomic mass is 10.1. The molecule has 1 fully saturated rings. The Balaban J connectivity index is 1.72. The van der Waals surface area contributed by atoms with Gasteiger partial charge in [-0.25, -0.2) is 9.59 Å². The van der Waals surface area contributed by atoms with E-state index in [0.29, 0.717) is 13.0 Å². The number of benzene rings is 1. The zero-order valence-electron chi connectivity index (χ0n) is 11.9. The highest BCUT2D eigenvalue weighted by atomic mass is 16.4. The molecule has 0 atom stereocenters. The van der Waals surface area contributed by atoms with Crippen LogP contribution in [0.15, 0.2) is 24.3 Å². The summed E-state index contributed by atoms with van der Waals surface area (Å²) in [5, 5.41) is 17.9. The summed E-state index contributed by atoms with van der Waals surface area (Å²) >= 11 is 0. The van der Waals surface area contributed by atoms with Gasteiger partial charge in [0.05, 0.1) is 5.56 Å². The van der Waals surface area contributed by atoms with Gasteiger partial charge in [0.1, 0.15) is 0 Å². The molecular weight excluding hydrogens is 270 g/mol. The molecule has 114 valence electrons. The standard InChI is InChI=1S/C15H21N3O3/c19-14(20)12-3-1-2-11(10-12)4-9-17-15(21)18-13-5-7-16-8-6-13/h1-3,10,13,16H,4-9H2,(H,19,20)(H2,17,18,21). The Hall–Kier alpha value is -2.08. The van der Waals surface area contributed by atoms with Crippen LogP contribution >= 0.6 is 0 Å². The maximum Gasteiger partial charge on any atom is 0.335 e. The number of rotatable bonds is 5. The van der Waals surface area contributed by atoms with Crippen molar-refractivity contribution in [3.8, 4) is 0 Å². The summed E-state index contributed by atoms with van der Waals surface area (Å²) in [7, 11) is 0. The van der Waals surface area contributed by atoms with Crippen LogP contribution in [-0.2, 0) is 6.42 Å². The van der Waals surface area contributed by atoms with Crippen LogP contribution in [0.2, 0.25) is 0 Å². The summed E-state index contributed by atoms with van der Waals surface area (Å²) < 4.78 is 0. The molecule has 1 aromatic carbocycles. The molecule has 21 heavy (non-hydrogen) atoms. The van der Waals surface area contributed by atoms with Crippen molar-refractivity contribution in [3.05, 3.63) is 35.4 Å². The third-order valence-corrected chi connectivity index (χ3v) is 3.55. The maximum atomic E-state index is 11.7. The van der Waals surface area contributed by atoms with Gasteiger partial charge in [-0.3, -0.25) is 0 Å². The van der Waals surface area contributed by atoms with E-state index in [4.69, 9.17) is 5.11 Å². The zero-order valence-corrected chi connectivity index (χ0v) is 11.9. The number of carboxylic acid groups (broad SMARTS) is 1. The van der Waals surface area contributed by atoms with Crippen LogP contribution in [0.3, 0.4) is 0 Å². The Morgan fingerprint density at radius 2 is 2.05 bits per heavy atom. The lowest BCUT2D eigenvalue weighted by Gasteiger charge is -2.23.